The lowest BCUT2D eigenvalue weighted by Crippen LogP contribution is -2.43. The lowest BCUT2D eigenvalue weighted by atomic mass is 9.84. The average Bonchev–Trinajstić information content (AvgIpc) is 2.31. The molecule has 2 rings (SSSR count). The Morgan fingerprint density at radius 2 is 1.85 bits per heavy atom. The first-order valence-corrected chi connectivity index (χ1v) is 5.47. The highest BCUT2D eigenvalue weighted by Gasteiger charge is 2.33. The van der Waals surface area contributed by atoms with Gasteiger partial charge in [0.2, 0.25) is 5.91 Å². The predicted octanol–water partition coefficient (Wildman–Crippen LogP) is 2.19. The maximum absolute atomic E-state index is 11.7. The molecule has 0 aromatic carbocycles. The second kappa shape index (κ2) is 3.32. The summed E-state index contributed by atoms with van der Waals surface area (Å²) in [6, 6.07) is 0. The van der Waals surface area contributed by atoms with E-state index in [0.29, 0.717) is 11.3 Å². The topological polar surface area (TPSA) is 20.3 Å². The Kier molecular flexibility index (Phi) is 2.31. The zero-order chi connectivity index (χ0) is 9.31. The summed E-state index contributed by atoms with van der Waals surface area (Å²) >= 11 is 0. The van der Waals surface area contributed by atoms with E-state index in [-0.39, 0.29) is 0 Å². The Hall–Kier alpha value is -0.530. The van der Waals surface area contributed by atoms with Gasteiger partial charge in [0.1, 0.15) is 0 Å². The molecule has 1 aliphatic heterocycles. The highest BCUT2D eigenvalue weighted by Crippen LogP contribution is 2.41. The molecule has 74 valence electrons. The lowest BCUT2D eigenvalue weighted by Gasteiger charge is -2.34. The van der Waals surface area contributed by atoms with Crippen molar-refractivity contribution in [3.63, 3.8) is 0 Å². The first-order chi connectivity index (χ1) is 6.20. The van der Waals surface area contributed by atoms with Crippen molar-refractivity contribution in [1.29, 1.82) is 0 Å². The quantitative estimate of drug-likeness (QED) is 0.639. The third-order valence-electron chi connectivity index (χ3n) is 3.60. The SMILES string of the molecule is CC1(CC(=O)N2CCC2)CCCC1. The van der Waals surface area contributed by atoms with E-state index in [2.05, 4.69) is 6.92 Å². The molecule has 1 aliphatic carbocycles. The zero-order valence-corrected chi connectivity index (χ0v) is 8.51. The molecular weight excluding hydrogens is 162 g/mol. The van der Waals surface area contributed by atoms with Gasteiger partial charge in [0.25, 0.3) is 0 Å². The van der Waals surface area contributed by atoms with Crippen LogP contribution in [-0.4, -0.2) is 23.9 Å². The minimum atomic E-state index is 0.340. The second-order valence-corrected chi connectivity index (χ2v) is 4.93. The van der Waals surface area contributed by atoms with E-state index in [1.165, 1.54) is 32.1 Å². The van der Waals surface area contributed by atoms with E-state index in [1.54, 1.807) is 0 Å². The van der Waals surface area contributed by atoms with Crippen LogP contribution in [0, 0.1) is 5.41 Å². The zero-order valence-electron chi connectivity index (χ0n) is 8.51. The lowest BCUT2D eigenvalue weighted by molar-refractivity contribution is -0.136. The van der Waals surface area contributed by atoms with Crippen molar-refractivity contribution in [2.75, 3.05) is 13.1 Å². The van der Waals surface area contributed by atoms with Crippen LogP contribution in [0.25, 0.3) is 0 Å². The van der Waals surface area contributed by atoms with Gasteiger partial charge >= 0.3 is 0 Å². The fraction of sp³-hybridized carbons (Fsp3) is 0.909. The van der Waals surface area contributed by atoms with Gasteiger partial charge < -0.3 is 4.90 Å². The molecule has 1 saturated carbocycles. The van der Waals surface area contributed by atoms with E-state index in [4.69, 9.17) is 0 Å². The molecule has 0 aromatic heterocycles. The molecule has 0 N–H and O–H groups in total. The van der Waals surface area contributed by atoms with Crippen molar-refractivity contribution in [2.24, 2.45) is 5.41 Å². The molecule has 0 bridgehead atoms. The third kappa shape index (κ3) is 1.87. The monoisotopic (exact) mass is 181 g/mol. The van der Waals surface area contributed by atoms with Gasteiger partial charge in [-0.15, -0.1) is 0 Å². The van der Waals surface area contributed by atoms with Gasteiger partial charge in [-0.1, -0.05) is 19.8 Å². The van der Waals surface area contributed by atoms with Crippen molar-refractivity contribution in [3.8, 4) is 0 Å². The first kappa shape index (κ1) is 9.04. The Morgan fingerprint density at radius 3 is 2.31 bits per heavy atom. The van der Waals surface area contributed by atoms with Crippen LogP contribution in [0.5, 0.6) is 0 Å². The molecule has 2 nitrogen and oxygen atoms in total. The number of carbonyl (C=O) groups is 1. The molecule has 1 saturated heterocycles. The Labute approximate surface area is 80.3 Å². The third-order valence-corrected chi connectivity index (χ3v) is 3.60. The summed E-state index contributed by atoms with van der Waals surface area (Å²) in [4.78, 5) is 13.7. The fourth-order valence-corrected chi connectivity index (χ4v) is 2.45. The van der Waals surface area contributed by atoms with Gasteiger partial charge in [-0.25, -0.2) is 0 Å². The molecule has 0 unspecified atom stereocenters. The van der Waals surface area contributed by atoms with Crippen LogP contribution in [-0.2, 0) is 4.79 Å². The maximum Gasteiger partial charge on any atom is 0.223 e. The van der Waals surface area contributed by atoms with Crippen molar-refractivity contribution < 1.29 is 4.79 Å². The van der Waals surface area contributed by atoms with Crippen LogP contribution in [0.2, 0.25) is 0 Å². The predicted molar refractivity (Wildman–Crippen MR) is 52.4 cm³/mol. The maximum atomic E-state index is 11.7. The minimum absolute atomic E-state index is 0.340. The van der Waals surface area contributed by atoms with Gasteiger partial charge in [-0.3, -0.25) is 4.79 Å². The number of hydrogen-bond donors (Lipinski definition) is 0. The standard InChI is InChI=1S/C11H19NO/c1-11(5-2-3-6-11)9-10(13)12-7-4-8-12/h2-9H2,1H3. The van der Waals surface area contributed by atoms with Crippen molar-refractivity contribution in [3.05, 3.63) is 0 Å². The average molecular weight is 181 g/mol. The van der Waals surface area contributed by atoms with Gasteiger partial charge in [0.05, 0.1) is 0 Å². The molecule has 0 spiro atoms. The van der Waals surface area contributed by atoms with Crippen LogP contribution in [0.3, 0.4) is 0 Å². The number of carbonyl (C=O) groups excluding carboxylic acids is 1. The molecule has 0 radical (unpaired) electrons. The van der Waals surface area contributed by atoms with E-state index < -0.39 is 0 Å². The summed E-state index contributed by atoms with van der Waals surface area (Å²) < 4.78 is 0. The molecule has 2 aliphatic rings. The van der Waals surface area contributed by atoms with Crippen LogP contribution in [0.4, 0.5) is 0 Å². The Bertz CT molecular complexity index is 202. The second-order valence-electron chi connectivity index (χ2n) is 4.93. The molecule has 0 atom stereocenters. The normalized spacial score (nSPS) is 25.8. The number of hydrogen-bond acceptors (Lipinski definition) is 1. The summed E-state index contributed by atoms with van der Waals surface area (Å²) in [6.45, 7) is 4.29. The number of amides is 1. The molecular formula is C11H19NO. The van der Waals surface area contributed by atoms with Gasteiger partial charge in [0.15, 0.2) is 0 Å². The van der Waals surface area contributed by atoms with E-state index in [1.807, 2.05) is 4.90 Å². The van der Waals surface area contributed by atoms with E-state index >= 15 is 0 Å². The molecule has 1 heterocycles. The summed E-state index contributed by atoms with van der Waals surface area (Å²) in [6.07, 6.45) is 7.17. The van der Waals surface area contributed by atoms with Gasteiger partial charge in [-0.2, -0.15) is 0 Å². The van der Waals surface area contributed by atoms with E-state index in [9.17, 15) is 4.79 Å². The summed E-state index contributed by atoms with van der Waals surface area (Å²) in [5.41, 5.74) is 0.340. The molecule has 0 aromatic rings. The van der Waals surface area contributed by atoms with Crippen molar-refractivity contribution in [1.82, 2.24) is 4.90 Å². The Morgan fingerprint density at radius 1 is 1.23 bits per heavy atom. The minimum Gasteiger partial charge on any atom is -0.343 e. The highest BCUT2D eigenvalue weighted by atomic mass is 16.2. The van der Waals surface area contributed by atoms with Crippen molar-refractivity contribution >= 4 is 5.91 Å². The van der Waals surface area contributed by atoms with Crippen LogP contribution < -0.4 is 0 Å². The summed E-state index contributed by atoms with van der Waals surface area (Å²) in [5, 5.41) is 0. The number of nitrogens with zero attached hydrogens (tertiary/aromatic N) is 1. The van der Waals surface area contributed by atoms with E-state index in [0.717, 1.165) is 19.5 Å². The molecule has 1 amide bonds. The molecule has 2 heteroatoms. The van der Waals surface area contributed by atoms with Gasteiger partial charge in [0, 0.05) is 19.5 Å². The molecule has 2 fully saturated rings. The summed E-state index contributed by atoms with van der Waals surface area (Å²) in [7, 11) is 0. The number of likely N-dealkylation sites (tertiary alicyclic amines) is 1. The highest BCUT2D eigenvalue weighted by molar-refractivity contribution is 5.77. The fourth-order valence-electron chi connectivity index (χ4n) is 2.45. The van der Waals surface area contributed by atoms with Crippen LogP contribution in [0.15, 0.2) is 0 Å². The first-order valence-electron chi connectivity index (χ1n) is 5.47. The molecule has 13 heavy (non-hydrogen) atoms. The van der Waals surface area contributed by atoms with Gasteiger partial charge in [-0.05, 0) is 24.7 Å². The van der Waals surface area contributed by atoms with Crippen LogP contribution in [0.1, 0.15) is 45.4 Å². The van der Waals surface area contributed by atoms with Crippen molar-refractivity contribution in [2.45, 2.75) is 45.4 Å². The smallest absolute Gasteiger partial charge is 0.223 e. The van der Waals surface area contributed by atoms with Crippen LogP contribution >= 0.6 is 0 Å². The Balaban J connectivity index is 1.85. The summed E-state index contributed by atoms with van der Waals surface area (Å²) in [5.74, 6) is 0.399. The number of rotatable bonds is 2. The largest absolute Gasteiger partial charge is 0.343 e.